The molecule has 0 spiro atoms. The highest BCUT2D eigenvalue weighted by atomic mass is 35.5. The van der Waals surface area contributed by atoms with Crippen LogP contribution in [-0.2, 0) is 0 Å². The van der Waals surface area contributed by atoms with E-state index < -0.39 is 17.5 Å². The minimum atomic E-state index is -1.01. The summed E-state index contributed by atoms with van der Waals surface area (Å²) in [4.78, 5) is 0. The third-order valence-electron chi connectivity index (χ3n) is 2.27. The molecule has 0 fully saturated rings. The first-order valence-corrected chi connectivity index (χ1v) is 5.07. The lowest BCUT2D eigenvalue weighted by atomic mass is 10.0. The van der Waals surface area contributed by atoms with Gasteiger partial charge in [0.2, 0.25) is 0 Å². The van der Waals surface area contributed by atoms with Gasteiger partial charge in [-0.25, -0.2) is 13.2 Å². The number of rotatable bonds is 1. The van der Waals surface area contributed by atoms with Gasteiger partial charge in [-0.2, -0.15) is 0 Å². The molecule has 0 radical (unpaired) electrons. The molecule has 2 rings (SSSR count). The molecule has 88 valence electrons. The van der Waals surface area contributed by atoms with Crippen molar-refractivity contribution in [1.82, 2.24) is 0 Å². The number of nitrogens with two attached hydrogens (primary N) is 1. The van der Waals surface area contributed by atoms with Gasteiger partial charge in [-0.15, -0.1) is 0 Å². The van der Waals surface area contributed by atoms with Crippen LogP contribution in [0.5, 0.6) is 0 Å². The maximum absolute atomic E-state index is 13.5. The van der Waals surface area contributed by atoms with Crippen LogP contribution < -0.4 is 5.73 Å². The molecule has 0 saturated heterocycles. The molecule has 0 bridgehead atoms. The number of anilines is 1. The van der Waals surface area contributed by atoms with Crippen LogP contribution in [0.25, 0.3) is 11.1 Å². The molecule has 17 heavy (non-hydrogen) atoms. The highest BCUT2D eigenvalue weighted by Crippen LogP contribution is 2.33. The average Bonchev–Trinajstić information content (AvgIpc) is 2.19. The number of hydrogen-bond donors (Lipinski definition) is 1. The Morgan fingerprint density at radius 2 is 1.53 bits per heavy atom. The highest BCUT2D eigenvalue weighted by Gasteiger charge is 2.16. The Bertz CT molecular complexity index is 561. The van der Waals surface area contributed by atoms with Crippen molar-refractivity contribution in [1.29, 1.82) is 0 Å². The monoisotopic (exact) mass is 257 g/mol. The lowest BCUT2D eigenvalue weighted by Gasteiger charge is -2.08. The van der Waals surface area contributed by atoms with Crippen molar-refractivity contribution >= 4 is 17.3 Å². The van der Waals surface area contributed by atoms with Crippen molar-refractivity contribution in [3.8, 4) is 11.1 Å². The quantitative estimate of drug-likeness (QED) is 0.768. The zero-order valence-corrected chi connectivity index (χ0v) is 9.23. The Hall–Kier alpha value is -1.68. The predicted molar refractivity (Wildman–Crippen MR) is 61.2 cm³/mol. The van der Waals surface area contributed by atoms with Crippen LogP contribution in [0.1, 0.15) is 0 Å². The van der Waals surface area contributed by atoms with E-state index in [0.717, 1.165) is 0 Å². The Balaban J connectivity index is 2.68. The highest BCUT2D eigenvalue weighted by molar-refractivity contribution is 6.33. The minimum absolute atomic E-state index is 0.106. The Morgan fingerprint density at radius 1 is 0.941 bits per heavy atom. The van der Waals surface area contributed by atoms with E-state index in [9.17, 15) is 13.2 Å². The average molecular weight is 258 g/mol. The second kappa shape index (κ2) is 4.30. The molecule has 0 amide bonds. The van der Waals surface area contributed by atoms with E-state index >= 15 is 0 Å². The third-order valence-corrected chi connectivity index (χ3v) is 2.58. The molecule has 0 unspecified atom stereocenters. The van der Waals surface area contributed by atoms with Crippen LogP contribution in [-0.4, -0.2) is 0 Å². The number of benzene rings is 2. The number of nitrogen functional groups attached to an aromatic ring is 1. The molecule has 0 heterocycles. The van der Waals surface area contributed by atoms with Crippen LogP contribution in [0.15, 0.2) is 30.3 Å². The van der Waals surface area contributed by atoms with Gasteiger partial charge in [0.1, 0.15) is 17.5 Å². The van der Waals surface area contributed by atoms with Crippen molar-refractivity contribution in [2.24, 2.45) is 0 Å². The summed E-state index contributed by atoms with van der Waals surface area (Å²) in [6, 6.07) is 5.43. The Kier molecular flexibility index (Phi) is 2.98. The summed E-state index contributed by atoms with van der Waals surface area (Å²) in [6.07, 6.45) is 0. The smallest absolute Gasteiger partial charge is 0.136 e. The predicted octanol–water partition coefficient (Wildman–Crippen LogP) is 4.01. The first-order valence-electron chi connectivity index (χ1n) is 4.69. The van der Waals surface area contributed by atoms with Gasteiger partial charge >= 0.3 is 0 Å². The van der Waals surface area contributed by atoms with Crippen molar-refractivity contribution < 1.29 is 13.2 Å². The minimum Gasteiger partial charge on any atom is -0.399 e. The van der Waals surface area contributed by atoms with Gasteiger partial charge in [-0.05, 0) is 12.1 Å². The van der Waals surface area contributed by atoms with E-state index in [0.29, 0.717) is 17.8 Å². The second-order valence-corrected chi connectivity index (χ2v) is 3.89. The Labute approximate surface area is 101 Å². The molecule has 2 N–H and O–H groups in total. The van der Waals surface area contributed by atoms with Crippen LogP contribution in [0.2, 0.25) is 5.02 Å². The van der Waals surface area contributed by atoms with E-state index in [-0.39, 0.29) is 16.1 Å². The van der Waals surface area contributed by atoms with Gasteiger partial charge in [0, 0.05) is 23.4 Å². The summed E-state index contributed by atoms with van der Waals surface area (Å²) >= 11 is 5.84. The first kappa shape index (κ1) is 11.8. The van der Waals surface area contributed by atoms with E-state index in [4.69, 9.17) is 17.3 Å². The molecule has 0 aromatic heterocycles. The van der Waals surface area contributed by atoms with Gasteiger partial charge < -0.3 is 5.73 Å². The van der Waals surface area contributed by atoms with E-state index in [1.807, 2.05) is 0 Å². The van der Waals surface area contributed by atoms with Crippen molar-refractivity contribution in [2.45, 2.75) is 0 Å². The van der Waals surface area contributed by atoms with E-state index in [1.54, 1.807) is 0 Å². The van der Waals surface area contributed by atoms with Gasteiger partial charge in [0.05, 0.1) is 10.6 Å². The fraction of sp³-hybridized carbons (Fsp3) is 0. The zero-order valence-electron chi connectivity index (χ0n) is 8.48. The summed E-state index contributed by atoms with van der Waals surface area (Å²) in [6.45, 7) is 0. The van der Waals surface area contributed by atoms with E-state index in [2.05, 4.69) is 0 Å². The van der Waals surface area contributed by atoms with E-state index in [1.165, 1.54) is 18.2 Å². The Morgan fingerprint density at radius 3 is 2.06 bits per heavy atom. The van der Waals surface area contributed by atoms with Gasteiger partial charge in [-0.3, -0.25) is 0 Å². The number of halogens is 4. The summed E-state index contributed by atoms with van der Waals surface area (Å²) < 4.78 is 39.8. The maximum Gasteiger partial charge on any atom is 0.136 e. The second-order valence-electron chi connectivity index (χ2n) is 3.48. The summed E-state index contributed by atoms with van der Waals surface area (Å²) in [5.74, 6) is -2.99. The van der Waals surface area contributed by atoms with Crippen LogP contribution in [0.3, 0.4) is 0 Å². The van der Waals surface area contributed by atoms with Gasteiger partial charge in [0.15, 0.2) is 0 Å². The SMILES string of the molecule is Nc1ccc(-c2c(F)cc(F)cc2F)c(Cl)c1. The fourth-order valence-electron chi connectivity index (χ4n) is 1.53. The molecule has 0 saturated carbocycles. The van der Waals surface area contributed by atoms with Crippen LogP contribution in [0, 0.1) is 17.5 Å². The summed E-state index contributed by atoms with van der Waals surface area (Å²) in [7, 11) is 0. The molecule has 1 nitrogen and oxygen atoms in total. The first-order chi connectivity index (χ1) is 7.99. The van der Waals surface area contributed by atoms with Crippen LogP contribution in [0.4, 0.5) is 18.9 Å². The molecule has 2 aromatic carbocycles. The lowest BCUT2D eigenvalue weighted by molar-refractivity contribution is 0.548. The molecule has 0 atom stereocenters. The lowest BCUT2D eigenvalue weighted by Crippen LogP contribution is -1.94. The van der Waals surface area contributed by atoms with Crippen molar-refractivity contribution in [3.05, 3.63) is 52.8 Å². The molecular formula is C12H7ClF3N. The molecule has 0 aliphatic carbocycles. The molecule has 5 heteroatoms. The fourth-order valence-corrected chi connectivity index (χ4v) is 1.82. The summed E-state index contributed by atoms with van der Waals surface area (Å²) in [5, 5.41) is 0.106. The largest absolute Gasteiger partial charge is 0.399 e. The summed E-state index contributed by atoms with van der Waals surface area (Å²) in [5.41, 5.74) is 5.62. The maximum atomic E-state index is 13.5. The molecule has 0 aliphatic heterocycles. The van der Waals surface area contributed by atoms with Gasteiger partial charge in [0.25, 0.3) is 0 Å². The number of hydrogen-bond acceptors (Lipinski definition) is 1. The normalized spacial score (nSPS) is 10.6. The van der Waals surface area contributed by atoms with Crippen molar-refractivity contribution in [3.63, 3.8) is 0 Å². The zero-order chi connectivity index (χ0) is 12.6. The van der Waals surface area contributed by atoms with Crippen molar-refractivity contribution in [2.75, 3.05) is 5.73 Å². The van der Waals surface area contributed by atoms with Crippen LogP contribution >= 0.6 is 11.6 Å². The standard InChI is InChI=1S/C12H7ClF3N/c13-9-5-7(17)1-2-8(9)12-10(15)3-6(14)4-11(12)16/h1-5H,17H2. The molecular weight excluding hydrogens is 251 g/mol. The molecule has 0 aliphatic rings. The third kappa shape index (κ3) is 2.22. The molecule has 2 aromatic rings. The van der Waals surface area contributed by atoms with Gasteiger partial charge in [-0.1, -0.05) is 17.7 Å². The topological polar surface area (TPSA) is 26.0 Å².